The standard InChI is InChI=1S/C18H10FNO/c1-2-12-3-5-15-13(9-12)11-21-18-10-14(19)4-6-17(18)16(15)7-8-20/h1,3-7,9-10H,11H2/b16-7+. The molecule has 100 valence electrons. The normalized spacial score (nSPS) is 14.1. The first-order valence-corrected chi connectivity index (χ1v) is 6.35. The lowest BCUT2D eigenvalue weighted by molar-refractivity contribution is 0.305. The first kappa shape index (κ1) is 13.0. The van der Waals surface area contributed by atoms with Gasteiger partial charge in [-0.2, -0.15) is 5.26 Å². The van der Waals surface area contributed by atoms with Gasteiger partial charge in [0.25, 0.3) is 0 Å². The maximum Gasteiger partial charge on any atom is 0.130 e. The van der Waals surface area contributed by atoms with E-state index in [1.165, 1.54) is 18.2 Å². The Morgan fingerprint density at radius 2 is 2.00 bits per heavy atom. The van der Waals surface area contributed by atoms with E-state index in [1.807, 2.05) is 24.3 Å². The minimum Gasteiger partial charge on any atom is -0.488 e. The van der Waals surface area contributed by atoms with Crippen LogP contribution in [-0.2, 0) is 6.61 Å². The van der Waals surface area contributed by atoms with Crippen molar-refractivity contribution < 1.29 is 9.13 Å². The molecule has 2 aromatic rings. The fourth-order valence-corrected chi connectivity index (χ4v) is 2.42. The van der Waals surface area contributed by atoms with Crippen molar-refractivity contribution in [3.63, 3.8) is 0 Å². The molecule has 21 heavy (non-hydrogen) atoms. The number of hydrogen-bond donors (Lipinski definition) is 0. The number of halogens is 1. The van der Waals surface area contributed by atoms with E-state index in [9.17, 15) is 4.39 Å². The number of ether oxygens (including phenoxy) is 1. The largest absolute Gasteiger partial charge is 0.488 e. The lowest BCUT2D eigenvalue weighted by Gasteiger charge is -2.09. The molecule has 3 heteroatoms. The van der Waals surface area contributed by atoms with Crippen molar-refractivity contribution in [3.8, 4) is 24.2 Å². The van der Waals surface area contributed by atoms with Crippen molar-refractivity contribution in [1.82, 2.24) is 0 Å². The number of benzene rings is 2. The van der Waals surface area contributed by atoms with Gasteiger partial charge >= 0.3 is 0 Å². The predicted molar refractivity (Wildman–Crippen MR) is 77.8 cm³/mol. The minimum atomic E-state index is -0.375. The van der Waals surface area contributed by atoms with Crippen LogP contribution in [0.1, 0.15) is 22.3 Å². The summed E-state index contributed by atoms with van der Waals surface area (Å²) in [5.41, 5.74) is 3.91. The summed E-state index contributed by atoms with van der Waals surface area (Å²) in [4.78, 5) is 0. The van der Waals surface area contributed by atoms with E-state index in [-0.39, 0.29) is 12.4 Å². The third kappa shape index (κ3) is 2.26. The van der Waals surface area contributed by atoms with Crippen molar-refractivity contribution >= 4 is 5.57 Å². The summed E-state index contributed by atoms with van der Waals surface area (Å²) in [7, 11) is 0. The highest BCUT2D eigenvalue weighted by atomic mass is 19.1. The molecule has 0 aliphatic carbocycles. The summed E-state index contributed by atoms with van der Waals surface area (Å²) in [6.45, 7) is 0.282. The number of rotatable bonds is 0. The molecule has 0 saturated carbocycles. The second kappa shape index (κ2) is 5.15. The average Bonchev–Trinajstić information content (AvgIpc) is 2.64. The van der Waals surface area contributed by atoms with Crippen LogP contribution in [0.5, 0.6) is 5.75 Å². The Bertz CT molecular complexity index is 837. The van der Waals surface area contributed by atoms with Gasteiger partial charge < -0.3 is 4.74 Å². The number of hydrogen-bond acceptors (Lipinski definition) is 2. The van der Waals surface area contributed by atoms with Crippen molar-refractivity contribution in [2.45, 2.75) is 6.61 Å². The van der Waals surface area contributed by atoms with Crippen LogP contribution in [0.3, 0.4) is 0 Å². The number of nitrogens with zero attached hydrogens (tertiary/aromatic N) is 1. The maximum absolute atomic E-state index is 13.4. The van der Waals surface area contributed by atoms with E-state index in [0.29, 0.717) is 16.9 Å². The van der Waals surface area contributed by atoms with Gasteiger partial charge in [-0.25, -0.2) is 4.39 Å². The Hall–Kier alpha value is -3.04. The smallest absolute Gasteiger partial charge is 0.130 e. The summed E-state index contributed by atoms with van der Waals surface area (Å²) in [5, 5.41) is 9.04. The summed E-state index contributed by atoms with van der Waals surface area (Å²) < 4.78 is 19.1. The molecular formula is C18H10FNO. The van der Waals surface area contributed by atoms with E-state index < -0.39 is 0 Å². The summed E-state index contributed by atoms with van der Waals surface area (Å²) in [6.07, 6.45) is 6.86. The van der Waals surface area contributed by atoms with Crippen molar-refractivity contribution in [2.24, 2.45) is 0 Å². The van der Waals surface area contributed by atoms with E-state index >= 15 is 0 Å². The molecule has 0 fully saturated rings. The molecule has 0 bridgehead atoms. The molecule has 1 aliphatic heterocycles. The number of fused-ring (bicyclic) bond motifs is 2. The highest BCUT2D eigenvalue weighted by Gasteiger charge is 2.19. The van der Waals surface area contributed by atoms with Crippen LogP contribution >= 0.6 is 0 Å². The Morgan fingerprint density at radius 3 is 2.76 bits per heavy atom. The molecule has 0 N–H and O–H groups in total. The van der Waals surface area contributed by atoms with Crippen LogP contribution in [0.25, 0.3) is 5.57 Å². The predicted octanol–water partition coefficient (Wildman–Crippen LogP) is 3.65. The fourth-order valence-electron chi connectivity index (χ4n) is 2.42. The molecule has 2 aromatic carbocycles. The molecular weight excluding hydrogens is 265 g/mol. The Labute approximate surface area is 122 Å². The number of allylic oxidation sites excluding steroid dienone is 1. The zero-order valence-corrected chi connectivity index (χ0v) is 11.1. The Balaban J connectivity index is 2.26. The van der Waals surface area contributed by atoms with Gasteiger partial charge in [-0.1, -0.05) is 12.0 Å². The zero-order chi connectivity index (χ0) is 14.8. The number of terminal acetylenes is 1. The van der Waals surface area contributed by atoms with E-state index in [0.717, 1.165) is 16.7 Å². The lowest BCUT2D eigenvalue weighted by atomic mass is 9.93. The molecule has 0 unspecified atom stereocenters. The van der Waals surface area contributed by atoms with Gasteiger partial charge in [-0.3, -0.25) is 0 Å². The van der Waals surface area contributed by atoms with Gasteiger partial charge in [0.2, 0.25) is 0 Å². The lowest BCUT2D eigenvalue weighted by Crippen LogP contribution is -1.96. The van der Waals surface area contributed by atoms with Crippen LogP contribution < -0.4 is 4.74 Å². The SMILES string of the molecule is C#Cc1ccc2c(c1)COc1cc(F)ccc1/C2=C/C#N. The summed E-state index contributed by atoms with van der Waals surface area (Å²) in [6, 6.07) is 11.9. The third-order valence-corrected chi connectivity index (χ3v) is 3.39. The van der Waals surface area contributed by atoms with Gasteiger partial charge in [-0.05, 0) is 35.4 Å². The highest BCUT2D eigenvalue weighted by molar-refractivity contribution is 5.86. The van der Waals surface area contributed by atoms with Crippen LogP contribution in [0.4, 0.5) is 4.39 Å². The topological polar surface area (TPSA) is 33.0 Å². The van der Waals surface area contributed by atoms with Crippen LogP contribution in [0.15, 0.2) is 42.5 Å². The Kier molecular flexibility index (Phi) is 3.18. The molecule has 0 radical (unpaired) electrons. The maximum atomic E-state index is 13.4. The summed E-state index contributed by atoms with van der Waals surface area (Å²) >= 11 is 0. The second-order valence-electron chi connectivity index (χ2n) is 4.63. The fraction of sp³-hybridized carbons (Fsp3) is 0.0556. The van der Waals surface area contributed by atoms with Crippen LogP contribution in [-0.4, -0.2) is 0 Å². The molecule has 1 heterocycles. The second-order valence-corrected chi connectivity index (χ2v) is 4.63. The van der Waals surface area contributed by atoms with E-state index in [1.54, 1.807) is 6.07 Å². The molecule has 0 spiro atoms. The number of nitriles is 1. The molecule has 3 rings (SSSR count). The first-order chi connectivity index (χ1) is 10.2. The molecule has 0 amide bonds. The third-order valence-electron chi connectivity index (χ3n) is 3.39. The molecule has 0 saturated heterocycles. The van der Waals surface area contributed by atoms with Gasteiger partial charge in [0.1, 0.15) is 18.2 Å². The average molecular weight is 275 g/mol. The monoisotopic (exact) mass is 275 g/mol. The van der Waals surface area contributed by atoms with Gasteiger partial charge in [0.05, 0.1) is 6.07 Å². The van der Waals surface area contributed by atoms with Crippen LogP contribution in [0.2, 0.25) is 0 Å². The van der Waals surface area contributed by atoms with Gasteiger partial charge in [0.15, 0.2) is 0 Å². The van der Waals surface area contributed by atoms with E-state index in [4.69, 9.17) is 16.4 Å². The molecule has 1 aliphatic rings. The minimum absolute atomic E-state index is 0.282. The van der Waals surface area contributed by atoms with Crippen molar-refractivity contribution in [1.29, 1.82) is 5.26 Å². The van der Waals surface area contributed by atoms with Crippen molar-refractivity contribution in [3.05, 3.63) is 70.5 Å². The highest BCUT2D eigenvalue weighted by Crippen LogP contribution is 2.37. The molecule has 0 atom stereocenters. The Morgan fingerprint density at radius 1 is 1.19 bits per heavy atom. The molecule has 0 aromatic heterocycles. The van der Waals surface area contributed by atoms with Gasteiger partial charge in [0, 0.05) is 28.8 Å². The van der Waals surface area contributed by atoms with Crippen LogP contribution in [0, 0.1) is 29.5 Å². The molecule has 2 nitrogen and oxygen atoms in total. The van der Waals surface area contributed by atoms with Gasteiger partial charge in [-0.15, -0.1) is 6.42 Å². The van der Waals surface area contributed by atoms with Crippen molar-refractivity contribution in [2.75, 3.05) is 0 Å². The first-order valence-electron chi connectivity index (χ1n) is 6.35. The quantitative estimate of drug-likeness (QED) is 0.543. The van der Waals surface area contributed by atoms with E-state index in [2.05, 4.69) is 5.92 Å². The zero-order valence-electron chi connectivity index (χ0n) is 11.1. The summed E-state index contributed by atoms with van der Waals surface area (Å²) in [5.74, 6) is 2.63.